The van der Waals surface area contributed by atoms with E-state index in [-0.39, 0.29) is 0 Å². The first kappa shape index (κ1) is 91.3. The van der Waals surface area contributed by atoms with Crippen molar-refractivity contribution in [2.75, 3.05) is 90.4 Å². The normalized spacial score (nSPS) is 11.9. The van der Waals surface area contributed by atoms with Crippen molar-refractivity contribution in [3.05, 3.63) is 323 Å². The molecule has 19 heteroatoms. The maximum Gasteiger partial charge on any atom is 0.203 e. The molecule has 0 amide bonds. The van der Waals surface area contributed by atoms with Crippen molar-refractivity contribution >= 4 is 110 Å². The van der Waals surface area contributed by atoms with Gasteiger partial charge in [0.1, 0.15) is 24.1 Å². The number of aldehydes is 2. The quantitative estimate of drug-likeness (QED) is 0.0202. The van der Waals surface area contributed by atoms with Gasteiger partial charge in [0.2, 0.25) is 17.2 Å². The number of carbonyl (C=O) groups excluding carboxylic acids is 2. The smallest absolute Gasteiger partial charge is 0.203 e. The number of carbonyl (C=O) groups is 2. The molecule has 0 fully saturated rings. The van der Waals surface area contributed by atoms with Gasteiger partial charge in [0, 0.05) is 30.4 Å². The molecular formula is C101H109Br2NO14P2. The van der Waals surface area contributed by atoms with Crippen LogP contribution >= 0.6 is 41.6 Å². The molecule has 0 aliphatic heterocycles. The van der Waals surface area contributed by atoms with Gasteiger partial charge in [0.05, 0.1) is 88.1 Å². The number of benzene rings is 11. The van der Waals surface area contributed by atoms with Crippen LogP contribution in [0.3, 0.4) is 0 Å². The third-order valence-corrected chi connectivity index (χ3v) is 40.0. The topological polar surface area (TPSA) is 158 Å². The maximum absolute atomic E-state index is 11.0. The van der Waals surface area contributed by atoms with Crippen LogP contribution in [0, 0.1) is 6.92 Å². The van der Waals surface area contributed by atoms with E-state index in [2.05, 4.69) is 237 Å². The summed E-state index contributed by atoms with van der Waals surface area (Å²) in [6, 6.07) is 96.0. The van der Waals surface area contributed by atoms with E-state index >= 15 is 0 Å². The Kier molecular flexibility index (Phi) is 34.5. The number of aromatic nitrogens is 1. The molecule has 12 aromatic rings. The summed E-state index contributed by atoms with van der Waals surface area (Å²) in [4.78, 5) is 26.8. The van der Waals surface area contributed by atoms with Crippen LogP contribution in [0.1, 0.15) is 111 Å². The zero-order valence-corrected chi connectivity index (χ0v) is 75.1. The zero-order chi connectivity index (χ0) is 85.1. The van der Waals surface area contributed by atoms with Crippen molar-refractivity contribution in [2.24, 2.45) is 0 Å². The Labute approximate surface area is 724 Å². The van der Waals surface area contributed by atoms with E-state index in [0.717, 1.165) is 122 Å². The molecule has 0 saturated carbocycles. The van der Waals surface area contributed by atoms with Crippen molar-refractivity contribution in [3.8, 4) is 63.2 Å². The standard InChI is InChI=1S/C44H38Br2P2.C33H41NO6.C24H30O8/c45-47(39-19-7-1-8-20-39,40-21-9-2-10-22-40,41-23-11-3-12-24-41)35-37-31-33-38(34-32-37)36-48(46,42-25-13-4-14-26-42,43-27-15-5-16-28-43)44-29-17-6-18-30-44;1-24-29(36-3)20-25(21-30(24)37-4)14-16-27-12-11-13-28(34-27)17-15-26-22-31(38-5)33(32(23-26)39-6)40-19-10-8-7-9-18-35-2;1-27-19-11-17(15-25)12-20(28-2)23(19)31-9-7-5-6-8-10-32-24-21(29-3)13-18(16-26)14-22(24)30-4/h1-34H,35-36H2;11-17,20-23H,7-10,18-19H2,1-6H3;11-16H,5-10H2,1-4H3/b;16-14+,17-15+;. The number of hydrogen-bond acceptors (Lipinski definition) is 15. The Bertz CT molecular complexity index is 4750. The Balaban J connectivity index is 0.000000193. The molecule has 1 heterocycles. The molecule has 0 aliphatic rings. The summed E-state index contributed by atoms with van der Waals surface area (Å²) in [5.41, 5.74) is 8.04. The molecule has 626 valence electrons. The van der Waals surface area contributed by atoms with Crippen molar-refractivity contribution in [2.45, 2.75) is 70.6 Å². The van der Waals surface area contributed by atoms with Crippen molar-refractivity contribution in [1.82, 2.24) is 4.98 Å². The molecule has 12 rings (SSSR count). The van der Waals surface area contributed by atoms with Crippen LogP contribution in [0.25, 0.3) is 24.3 Å². The third kappa shape index (κ3) is 22.5. The van der Waals surface area contributed by atoms with E-state index < -0.39 is 10.6 Å². The SMILES string of the molecule is BrP(Cc1ccc(CP(Br)(c2ccccc2)(c2ccccc2)c2ccccc2)cc1)(c1ccccc1)(c1ccccc1)c1ccccc1.COCCCCCCOc1c(OC)cc(/C=C/c2cccc(/C=C/c3cc(OC)c(C)c(OC)c3)n2)cc1OC.COc1cc(C=O)cc(OC)c1OCCCCCCOc1c(OC)cc(C=O)cc1OC. The summed E-state index contributed by atoms with van der Waals surface area (Å²) in [6.07, 6.45) is 18.9. The monoisotopic (exact) mass is 1780 g/mol. The number of hydrogen-bond donors (Lipinski definition) is 0. The largest absolute Gasteiger partial charge is 0.496 e. The molecule has 0 aliphatic carbocycles. The maximum atomic E-state index is 11.0. The molecule has 0 radical (unpaired) electrons. The number of unbranched alkanes of at least 4 members (excludes halogenated alkanes) is 6. The minimum Gasteiger partial charge on any atom is -0.496 e. The van der Waals surface area contributed by atoms with Crippen LogP contribution in [-0.4, -0.2) is 108 Å². The first-order valence-corrected chi connectivity index (χ1v) is 48.9. The van der Waals surface area contributed by atoms with Crippen LogP contribution in [0.4, 0.5) is 0 Å². The van der Waals surface area contributed by atoms with Gasteiger partial charge in [-0.15, -0.1) is 0 Å². The summed E-state index contributed by atoms with van der Waals surface area (Å²) in [5, 5.41) is 1.73. The first-order valence-electron chi connectivity index (χ1n) is 40.1. The number of methoxy groups -OCH3 is 9. The summed E-state index contributed by atoms with van der Waals surface area (Å²) in [6.45, 7) is 4.35. The van der Waals surface area contributed by atoms with Gasteiger partial charge in [0.15, 0.2) is 34.5 Å². The van der Waals surface area contributed by atoms with Gasteiger partial charge in [-0.2, -0.15) is 0 Å². The summed E-state index contributed by atoms with van der Waals surface area (Å²) in [7, 11) is 14.4. The number of halogens is 2. The Morgan fingerprint density at radius 3 is 0.767 bits per heavy atom. The summed E-state index contributed by atoms with van der Waals surface area (Å²) < 4.78 is 66.3. The number of rotatable bonds is 41. The van der Waals surface area contributed by atoms with E-state index in [9.17, 15) is 9.59 Å². The molecule has 11 aromatic carbocycles. The van der Waals surface area contributed by atoms with Crippen LogP contribution in [0.5, 0.6) is 63.2 Å². The second kappa shape index (κ2) is 45.4. The average Bonchev–Trinajstić information content (AvgIpc) is 0.707. The van der Waals surface area contributed by atoms with E-state index in [1.54, 1.807) is 59.8 Å². The third-order valence-electron chi connectivity index (χ3n) is 21.0. The molecule has 0 N–H and O–H groups in total. The van der Waals surface area contributed by atoms with Crippen LogP contribution in [0.2, 0.25) is 0 Å². The van der Waals surface area contributed by atoms with E-state index in [4.69, 9.17) is 61.8 Å². The summed E-state index contributed by atoms with van der Waals surface area (Å²) in [5.74, 6) is 6.27. The molecular weight excluding hydrogens is 1670 g/mol. The van der Waals surface area contributed by atoms with Gasteiger partial charge >= 0.3 is 303 Å². The van der Waals surface area contributed by atoms with Crippen LogP contribution in [-0.2, 0) is 17.1 Å². The van der Waals surface area contributed by atoms with Crippen molar-refractivity contribution in [3.63, 3.8) is 0 Å². The molecule has 0 bridgehead atoms. The molecule has 0 saturated heterocycles. The molecule has 1 aromatic heterocycles. The predicted octanol–water partition coefficient (Wildman–Crippen LogP) is 22.1. The molecule has 120 heavy (non-hydrogen) atoms. The fourth-order valence-electron chi connectivity index (χ4n) is 14.7. The van der Waals surface area contributed by atoms with E-state index in [1.165, 1.54) is 71.4 Å². The number of ether oxygens (including phenoxy) is 12. The fraction of sp³-hybridized carbons (Fsp3) is 0.238. The number of nitrogens with zero attached hydrogens (tertiary/aromatic N) is 1. The predicted molar refractivity (Wildman–Crippen MR) is 503 cm³/mol. The molecule has 0 spiro atoms. The second-order valence-corrected chi connectivity index (χ2v) is 46.4. The van der Waals surface area contributed by atoms with Gasteiger partial charge in [-0.05, 0) is 136 Å². The van der Waals surface area contributed by atoms with Gasteiger partial charge in [0.25, 0.3) is 0 Å². The van der Waals surface area contributed by atoms with Gasteiger partial charge in [-0.3, -0.25) is 9.59 Å². The van der Waals surface area contributed by atoms with Gasteiger partial charge in [-0.25, -0.2) is 4.98 Å². The number of pyridine rings is 1. The van der Waals surface area contributed by atoms with E-state index in [0.29, 0.717) is 82.7 Å². The average molecular weight is 1780 g/mol. The minimum absolute atomic E-state index is 0.458. The molecule has 0 atom stereocenters. The second-order valence-electron chi connectivity index (χ2n) is 28.6. The Morgan fingerprint density at radius 2 is 0.525 bits per heavy atom. The fourth-order valence-corrected chi connectivity index (χ4v) is 30.1. The molecule has 15 nitrogen and oxygen atoms in total. The first-order chi connectivity index (χ1) is 58.6. The summed E-state index contributed by atoms with van der Waals surface area (Å²) >= 11 is 9.30. The Hall–Kier alpha value is -11.0. The van der Waals surface area contributed by atoms with Crippen molar-refractivity contribution < 1.29 is 66.4 Å². The zero-order valence-electron chi connectivity index (χ0n) is 70.2. The Morgan fingerprint density at radius 1 is 0.283 bits per heavy atom. The van der Waals surface area contributed by atoms with E-state index in [1.807, 2.05) is 73.7 Å². The molecule has 0 unspecified atom stereocenters. The van der Waals surface area contributed by atoms with Gasteiger partial charge < -0.3 is 56.8 Å². The van der Waals surface area contributed by atoms with Crippen molar-refractivity contribution in [1.29, 1.82) is 0 Å². The van der Waals surface area contributed by atoms with Gasteiger partial charge in [-0.1, -0.05) is 24.6 Å². The van der Waals surface area contributed by atoms with Crippen LogP contribution in [0.15, 0.2) is 273 Å². The van der Waals surface area contributed by atoms with Crippen LogP contribution < -0.4 is 83.9 Å². The minimum atomic E-state index is -3.12.